The first-order chi connectivity index (χ1) is 13.2. The van der Waals surface area contributed by atoms with E-state index in [9.17, 15) is 5.26 Å². The van der Waals surface area contributed by atoms with Crippen molar-refractivity contribution in [3.8, 4) is 17.3 Å². The van der Waals surface area contributed by atoms with Crippen molar-refractivity contribution >= 4 is 17.3 Å². The molecular formula is C19H16N8. The molecule has 4 rings (SSSR count). The van der Waals surface area contributed by atoms with Gasteiger partial charge in [0.2, 0.25) is 0 Å². The van der Waals surface area contributed by atoms with Crippen LogP contribution in [0, 0.1) is 11.3 Å². The van der Waals surface area contributed by atoms with Crippen LogP contribution in [-0.4, -0.2) is 24.3 Å². The van der Waals surface area contributed by atoms with Gasteiger partial charge in [-0.25, -0.2) is 15.0 Å². The van der Waals surface area contributed by atoms with Crippen LogP contribution in [0.15, 0.2) is 55.4 Å². The molecule has 0 fully saturated rings. The second kappa shape index (κ2) is 6.72. The third-order valence-corrected chi connectivity index (χ3v) is 4.31. The summed E-state index contributed by atoms with van der Waals surface area (Å²) in [6.07, 6.45) is 8.73. The van der Waals surface area contributed by atoms with Crippen LogP contribution in [0.5, 0.6) is 0 Å². The number of imidazole rings is 1. The maximum atomic E-state index is 9.36. The van der Waals surface area contributed by atoms with Gasteiger partial charge in [-0.3, -0.25) is 4.98 Å². The minimum Gasteiger partial charge on any atom is -0.382 e. The molecular weight excluding hydrogens is 340 g/mol. The quantitative estimate of drug-likeness (QED) is 0.577. The topological polar surface area (TPSA) is 118 Å². The van der Waals surface area contributed by atoms with Gasteiger partial charge in [0.25, 0.3) is 0 Å². The Balaban J connectivity index is 1.81. The monoisotopic (exact) mass is 356 g/mol. The Kier molecular flexibility index (Phi) is 4.10. The molecule has 4 aromatic heterocycles. The molecule has 132 valence electrons. The van der Waals surface area contributed by atoms with Gasteiger partial charge >= 0.3 is 0 Å². The predicted molar refractivity (Wildman–Crippen MR) is 102 cm³/mol. The highest BCUT2D eigenvalue weighted by molar-refractivity contribution is 5.69. The smallest absolute Gasteiger partial charge is 0.150 e. The van der Waals surface area contributed by atoms with Gasteiger partial charge in [0, 0.05) is 30.4 Å². The van der Waals surface area contributed by atoms with Crippen LogP contribution in [0.4, 0.5) is 11.6 Å². The van der Waals surface area contributed by atoms with Crippen LogP contribution < -0.4 is 11.1 Å². The number of aromatic nitrogens is 5. The molecule has 0 aliphatic carbocycles. The van der Waals surface area contributed by atoms with E-state index < -0.39 is 0 Å². The Bertz CT molecular complexity index is 1140. The van der Waals surface area contributed by atoms with Crippen molar-refractivity contribution in [1.82, 2.24) is 24.3 Å². The number of rotatable bonds is 4. The SMILES string of the molecule is C[C@H](Nc1ncnc(N)c1C#N)c1cc2nccn2cc1-c1ccccn1. The molecule has 0 aromatic carbocycles. The van der Waals surface area contributed by atoms with Gasteiger partial charge in [-0.2, -0.15) is 5.26 Å². The lowest BCUT2D eigenvalue weighted by atomic mass is 10.0. The van der Waals surface area contributed by atoms with Crippen molar-refractivity contribution in [2.24, 2.45) is 0 Å². The summed E-state index contributed by atoms with van der Waals surface area (Å²) in [5, 5.41) is 12.6. The predicted octanol–water partition coefficient (Wildman–Crippen LogP) is 2.81. The highest BCUT2D eigenvalue weighted by atomic mass is 15.1. The van der Waals surface area contributed by atoms with Gasteiger partial charge in [0.05, 0.1) is 11.7 Å². The van der Waals surface area contributed by atoms with Crippen LogP contribution in [0.2, 0.25) is 0 Å². The van der Waals surface area contributed by atoms with Gasteiger partial charge in [0.1, 0.15) is 35.2 Å². The first kappa shape index (κ1) is 16.5. The van der Waals surface area contributed by atoms with Crippen molar-refractivity contribution in [2.75, 3.05) is 11.1 Å². The molecule has 8 nitrogen and oxygen atoms in total. The van der Waals surface area contributed by atoms with E-state index in [2.05, 4.69) is 31.3 Å². The lowest BCUT2D eigenvalue weighted by molar-refractivity contribution is 0.868. The van der Waals surface area contributed by atoms with E-state index in [0.717, 1.165) is 22.5 Å². The summed E-state index contributed by atoms with van der Waals surface area (Å²) in [7, 11) is 0. The molecule has 8 heteroatoms. The molecule has 4 heterocycles. The summed E-state index contributed by atoms with van der Waals surface area (Å²) in [5.41, 5.74) is 9.63. The summed E-state index contributed by atoms with van der Waals surface area (Å²) < 4.78 is 1.95. The zero-order valence-corrected chi connectivity index (χ0v) is 14.5. The summed E-state index contributed by atoms with van der Waals surface area (Å²) in [6.45, 7) is 1.99. The van der Waals surface area contributed by atoms with Crippen molar-refractivity contribution in [1.29, 1.82) is 5.26 Å². The Hall–Kier alpha value is -3.99. The fraction of sp³-hybridized carbons (Fsp3) is 0.105. The third kappa shape index (κ3) is 3.02. The van der Waals surface area contributed by atoms with Gasteiger partial charge in [-0.1, -0.05) is 6.07 Å². The number of anilines is 2. The average Bonchev–Trinajstić information content (AvgIpc) is 3.15. The molecule has 0 spiro atoms. The molecule has 3 N–H and O–H groups in total. The van der Waals surface area contributed by atoms with Crippen LogP contribution >= 0.6 is 0 Å². The molecule has 0 aliphatic rings. The second-order valence-electron chi connectivity index (χ2n) is 6.01. The maximum absolute atomic E-state index is 9.36. The zero-order valence-electron chi connectivity index (χ0n) is 14.5. The number of nitrogens with one attached hydrogen (secondary N) is 1. The van der Waals surface area contributed by atoms with E-state index in [4.69, 9.17) is 5.73 Å². The molecule has 0 radical (unpaired) electrons. The molecule has 4 aromatic rings. The zero-order chi connectivity index (χ0) is 18.8. The number of nitrogens with two attached hydrogens (primary N) is 1. The number of nitrogen functional groups attached to an aromatic ring is 1. The lowest BCUT2D eigenvalue weighted by Gasteiger charge is -2.19. The summed E-state index contributed by atoms with van der Waals surface area (Å²) in [4.78, 5) is 16.9. The number of hydrogen-bond acceptors (Lipinski definition) is 7. The highest BCUT2D eigenvalue weighted by Gasteiger charge is 2.18. The summed E-state index contributed by atoms with van der Waals surface area (Å²) in [6, 6.07) is 9.65. The van der Waals surface area contributed by atoms with E-state index in [1.165, 1.54) is 6.33 Å². The van der Waals surface area contributed by atoms with Crippen molar-refractivity contribution in [2.45, 2.75) is 13.0 Å². The number of nitrogens with zero attached hydrogens (tertiary/aromatic N) is 6. The Morgan fingerprint density at radius 3 is 2.85 bits per heavy atom. The van der Waals surface area contributed by atoms with E-state index in [0.29, 0.717) is 5.82 Å². The van der Waals surface area contributed by atoms with Crippen LogP contribution in [0.25, 0.3) is 16.9 Å². The van der Waals surface area contributed by atoms with Gasteiger partial charge < -0.3 is 15.5 Å². The standard InChI is InChI=1S/C19H16N8/c1-12(26-19-14(9-20)18(21)24-11-25-19)13-8-17-23-6-7-27(17)10-15(13)16-4-2-3-5-22-16/h2-8,10-12H,1H3,(H3,21,24,25,26)/t12-/m0/s1. The van der Waals surface area contributed by atoms with Crippen molar-refractivity contribution in [3.63, 3.8) is 0 Å². The first-order valence-electron chi connectivity index (χ1n) is 8.32. The molecule has 0 saturated heterocycles. The molecule has 0 amide bonds. The van der Waals surface area contributed by atoms with Crippen molar-refractivity contribution < 1.29 is 0 Å². The van der Waals surface area contributed by atoms with Gasteiger partial charge in [-0.05, 0) is 30.7 Å². The minimum absolute atomic E-state index is 0.149. The molecule has 0 saturated carbocycles. The number of nitriles is 1. The van der Waals surface area contributed by atoms with E-state index >= 15 is 0 Å². The Morgan fingerprint density at radius 1 is 1.19 bits per heavy atom. The van der Waals surface area contributed by atoms with Gasteiger partial charge in [-0.15, -0.1) is 0 Å². The van der Waals surface area contributed by atoms with E-state index in [-0.39, 0.29) is 17.4 Å². The highest BCUT2D eigenvalue weighted by Crippen LogP contribution is 2.30. The molecule has 1 atom stereocenters. The van der Waals surface area contributed by atoms with Crippen LogP contribution in [0.3, 0.4) is 0 Å². The largest absolute Gasteiger partial charge is 0.382 e. The fourth-order valence-electron chi connectivity index (χ4n) is 2.97. The average molecular weight is 356 g/mol. The molecule has 0 unspecified atom stereocenters. The molecule has 0 aliphatic heterocycles. The number of fused-ring (bicyclic) bond motifs is 1. The Labute approximate surface area is 155 Å². The first-order valence-corrected chi connectivity index (χ1v) is 8.32. The fourth-order valence-corrected chi connectivity index (χ4v) is 2.97. The van der Waals surface area contributed by atoms with Gasteiger partial charge in [0.15, 0.2) is 0 Å². The third-order valence-electron chi connectivity index (χ3n) is 4.31. The number of hydrogen-bond donors (Lipinski definition) is 2. The van der Waals surface area contributed by atoms with E-state index in [1.807, 2.05) is 48.0 Å². The van der Waals surface area contributed by atoms with Crippen LogP contribution in [0.1, 0.15) is 24.1 Å². The van der Waals surface area contributed by atoms with Crippen LogP contribution in [-0.2, 0) is 0 Å². The minimum atomic E-state index is -0.176. The summed E-state index contributed by atoms with van der Waals surface area (Å²) in [5.74, 6) is 0.545. The normalized spacial score (nSPS) is 11.9. The maximum Gasteiger partial charge on any atom is 0.150 e. The lowest BCUT2D eigenvalue weighted by Crippen LogP contribution is -2.13. The van der Waals surface area contributed by atoms with E-state index in [1.54, 1.807) is 12.4 Å². The second-order valence-corrected chi connectivity index (χ2v) is 6.01. The number of pyridine rings is 2. The van der Waals surface area contributed by atoms with Crippen molar-refractivity contribution in [3.05, 3.63) is 66.5 Å². The summed E-state index contributed by atoms with van der Waals surface area (Å²) >= 11 is 0. The molecule has 27 heavy (non-hydrogen) atoms. The Morgan fingerprint density at radius 2 is 2.07 bits per heavy atom. The molecule has 0 bridgehead atoms.